The van der Waals surface area contributed by atoms with Gasteiger partial charge in [0.15, 0.2) is 0 Å². The number of ether oxygens (including phenoxy) is 2. The van der Waals surface area contributed by atoms with Crippen LogP contribution in [0, 0.1) is 0 Å². The van der Waals surface area contributed by atoms with Crippen molar-refractivity contribution in [2.24, 2.45) is 0 Å². The lowest BCUT2D eigenvalue weighted by atomic mass is 10.2. The van der Waals surface area contributed by atoms with Gasteiger partial charge in [-0.3, -0.25) is 9.69 Å². The van der Waals surface area contributed by atoms with E-state index in [-0.39, 0.29) is 6.54 Å². The summed E-state index contributed by atoms with van der Waals surface area (Å²) in [6.07, 6.45) is 1.80. The van der Waals surface area contributed by atoms with Crippen LogP contribution in [-0.2, 0) is 14.3 Å². The molecular weight excluding hydrogens is 222 g/mol. The molecule has 0 radical (unpaired) electrons. The number of nitrogens with zero attached hydrogens (tertiary/aromatic N) is 1. The molecule has 0 aliphatic heterocycles. The van der Waals surface area contributed by atoms with Gasteiger partial charge in [-0.1, -0.05) is 6.92 Å². The maximum atomic E-state index is 10.7. The standard InChI is InChI=1S/C12H25NO4/c1-4-11(2)13(10-12(14)15)6-5-7-17-9-8-16-3/h11H,4-10H2,1-3H3,(H,14,15). The second-order valence-electron chi connectivity index (χ2n) is 4.08. The zero-order valence-corrected chi connectivity index (χ0v) is 11.1. The molecule has 5 nitrogen and oxygen atoms in total. The van der Waals surface area contributed by atoms with Crippen molar-refractivity contribution in [2.75, 3.05) is 40.0 Å². The number of carbonyl (C=O) groups is 1. The zero-order chi connectivity index (χ0) is 13.1. The molecule has 0 saturated heterocycles. The minimum Gasteiger partial charge on any atom is -0.480 e. The zero-order valence-electron chi connectivity index (χ0n) is 11.1. The molecule has 17 heavy (non-hydrogen) atoms. The molecule has 0 aromatic heterocycles. The number of hydrogen-bond acceptors (Lipinski definition) is 4. The fraction of sp³-hybridized carbons (Fsp3) is 0.917. The molecule has 102 valence electrons. The third kappa shape index (κ3) is 9.09. The van der Waals surface area contributed by atoms with Crippen molar-refractivity contribution in [1.29, 1.82) is 0 Å². The average Bonchev–Trinajstić information content (AvgIpc) is 2.30. The lowest BCUT2D eigenvalue weighted by Crippen LogP contribution is -2.38. The predicted octanol–water partition coefficient (Wildman–Crippen LogP) is 1.22. The maximum Gasteiger partial charge on any atom is 0.317 e. The maximum absolute atomic E-state index is 10.7. The molecular formula is C12H25NO4. The van der Waals surface area contributed by atoms with Crippen LogP contribution in [0.15, 0.2) is 0 Å². The monoisotopic (exact) mass is 247 g/mol. The Morgan fingerprint density at radius 2 is 2.06 bits per heavy atom. The molecule has 0 aliphatic rings. The summed E-state index contributed by atoms with van der Waals surface area (Å²) in [4.78, 5) is 12.7. The van der Waals surface area contributed by atoms with E-state index in [9.17, 15) is 4.79 Å². The molecule has 0 bridgehead atoms. The molecule has 5 heteroatoms. The Kier molecular flexibility index (Phi) is 10.1. The van der Waals surface area contributed by atoms with E-state index in [0.29, 0.717) is 25.9 Å². The first kappa shape index (κ1) is 16.4. The van der Waals surface area contributed by atoms with Crippen molar-refractivity contribution in [3.05, 3.63) is 0 Å². The Bertz CT molecular complexity index is 199. The second-order valence-corrected chi connectivity index (χ2v) is 4.08. The van der Waals surface area contributed by atoms with E-state index in [1.165, 1.54) is 0 Å². The van der Waals surface area contributed by atoms with Gasteiger partial charge >= 0.3 is 5.97 Å². The van der Waals surface area contributed by atoms with Crippen LogP contribution in [0.3, 0.4) is 0 Å². The molecule has 0 aromatic rings. The molecule has 0 rings (SSSR count). The van der Waals surface area contributed by atoms with Crippen LogP contribution in [0.5, 0.6) is 0 Å². The van der Waals surface area contributed by atoms with Crippen LogP contribution in [0.25, 0.3) is 0 Å². The summed E-state index contributed by atoms with van der Waals surface area (Å²) in [6.45, 7) is 6.82. The smallest absolute Gasteiger partial charge is 0.317 e. The molecule has 0 aromatic carbocycles. The highest BCUT2D eigenvalue weighted by molar-refractivity contribution is 5.69. The van der Waals surface area contributed by atoms with Crippen molar-refractivity contribution in [2.45, 2.75) is 32.7 Å². The van der Waals surface area contributed by atoms with Crippen LogP contribution >= 0.6 is 0 Å². The quantitative estimate of drug-likeness (QED) is 0.556. The molecule has 1 N–H and O–H groups in total. The Morgan fingerprint density at radius 1 is 1.35 bits per heavy atom. The van der Waals surface area contributed by atoms with Gasteiger partial charge in [-0.15, -0.1) is 0 Å². The van der Waals surface area contributed by atoms with Gasteiger partial charge in [-0.2, -0.15) is 0 Å². The van der Waals surface area contributed by atoms with Crippen molar-refractivity contribution in [3.8, 4) is 0 Å². The summed E-state index contributed by atoms with van der Waals surface area (Å²) in [5.41, 5.74) is 0. The largest absolute Gasteiger partial charge is 0.480 e. The summed E-state index contributed by atoms with van der Waals surface area (Å²) >= 11 is 0. The van der Waals surface area contributed by atoms with Crippen molar-refractivity contribution in [3.63, 3.8) is 0 Å². The highest BCUT2D eigenvalue weighted by atomic mass is 16.5. The molecule has 0 fully saturated rings. The Hall–Kier alpha value is -0.650. The molecule has 1 atom stereocenters. The van der Waals surface area contributed by atoms with Gasteiger partial charge in [0.25, 0.3) is 0 Å². The van der Waals surface area contributed by atoms with Crippen molar-refractivity contribution in [1.82, 2.24) is 4.90 Å². The summed E-state index contributed by atoms with van der Waals surface area (Å²) in [6, 6.07) is 0.296. The van der Waals surface area contributed by atoms with E-state index in [0.717, 1.165) is 19.4 Å². The lowest BCUT2D eigenvalue weighted by Gasteiger charge is -2.26. The molecule has 0 amide bonds. The Labute approximate surface area is 104 Å². The van der Waals surface area contributed by atoms with Gasteiger partial charge < -0.3 is 14.6 Å². The number of carboxylic acids is 1. The fourth-order valence-electron chi connectivity index (χ4n) is 1.50. The molecule has 0 aliphatic carbocycles. The van der Waals surface area contributed by atoms with Gasteiger partial charge in [0.2, 0.25) is 0 Å². The summed E-state index contributed by atoms with van der Waals surface area (Å²) < 4.78 is 10.2. The Balaban J connectivity index is 3.72. The van der Waals surface area contributed by atoms with E-state index >= 15 is 0 Å². The fourth-order valence-corrected chi connectivity index (χ4v) is 1.50. The van der Waals surface area contributed by atoms with Gasteiger partial charge in [-0.25, -0.2) is 0 Å². The second kappa shape index (κ2) is 10.5. The third-order valence-corrected chi connectivity index (χ3v) is 2.72. The van der Waals surface area contributed by atoms with Gasteiger partial charge in [-0.05, 0) is 19.8 Å². The van der Waals surface area contributed by atoms with E-state index in [1.54, 1.807) is 7.11 Å². The van der Waals surface area contributed by atoms with Crippen LogP contribution < -0.4 is 0 Å². The topological polar surface area (TPSA) is 59.0 Å². The summed E-state index contributed by atoms with van der Waals surface area (Å²) in [5.74, 6) is -0.773. The summed E-state index contributed by atoms with van der Waals surface area (Å²) in [5, 5.41) is 8.81. The third-order valence-electron chi connectivity index (χ3n) is 2.72. The number of rotatable bonds is 11. The van der Waals surface area contributed by atoms with Crippen LogP contribution in [0.1, 0.15) is 26.7 Å². The molecule has 1 unspecified atom stereocenters. The minimum atomic E-state index is -0.773. The van der Waals surface area contributed by atoms with Crippen LogP contribution in [0.2, 0.25) is 0 Å². The predicted molar refractivity (Wildman–Crippen MR) is 66.3 cm³/mol. The van der Waals surface area contributed by atoms with Crippen molar-refractivity contribution < 1.29 is 19.4 Å². The number of carboxylic acid groups (broad SMARTS) is 1. The van der Waals surface area contributed by atoms with E-state index in [4.69, 9.17) is 14.6 Å². The van der Waals surface area contributed by atoms with Crippen LogP contribution in [-0.4, -0.2) is 62.0 Å². The molecule has 0 spiro atoms. The number of methoxy groups -OCH3 is 1. The van der Waals surface area contributed by atoms with E-state index in [2.05, 4.69) is 13.8 Å². The van der Waals surface area contributed by atoms with Gasteiger partial charge in [0.05, 0.1) is 19.8 Å². The number of aliphatic carboxylic acids is 1. The van der Waals surface area contributed by atoms with Gasteiger partial charge in [0, 0.05) is 26.3 Å². The molecule has 0 heterocycles. The normalized spacial score (nSPS) is 12.9. The first-order valence-corrected chi connectivity index (χ1v) is 6.14. The van der Waals surface area contributed by atoms with E-state index in [1.807, 2.05) is 4.90 Å². The number of hydrogen-bond donors (Lipinski definition) is 1. The highest BCUT2D eigenvalue weighted by Gasteiger charge is 2.14. The first-order valence-electron chi connectivity index (χ1n) is 6.14. The highest BCUT2D eigenvalue weighted by Crippen LogP contribution is 2.04. The SMILES string of the molecule is CCC(C)N(CCCOCCOC)CC(=O)O. The molecule has 0 saturated carbocycles. The summed E-state index contributed by atoms with van der Waals surface area (Å²) in [7, 11) is 1.64. The van der Waals surface area contributed by atoms with Crippen molar-refractivity contribution >= 4 is 5.97 Å². The lowest BCUT2D eigenvalue weighted by molar-refractivity contribution is -0.138. The van der Waals surface area contributed by atoms with Crippen LogP contribution in [0.4, 0.5) is 0 Å². The first-order chi connectivity index (χ1) is 8.11. The Morgan fingerprint density at radius 3 is 2.59 bits per heavy atom. The van der Waals surface area contributed by atoms with Gasteiger partial charge in [0.1, 0.15) is 0 Å². The van der Waals surface area contributed by atoms with E-state index < -0.39 is 5.97 Å². The average molecular weight is 247 g/mol. The minimum absolute atomic E-state index is 0.104.